The summed E-state index contributed by atoms with van der Waals surface area (Å²) in [5.41, 5.74) is 3.05. The zero-order chi connectivity index (χ0) is 22.4. The standard InChI is InChI=1S/C21H20BrN7O3/c1-28-10-23-9-11(28)8-12-15(16(12)20(31)32)19(30)29-7-6-26-21(29)27-13-2-3-14-18(17(13)22)25-5-4-24-14/h2-5,9-10,12,15-16H,6-8H2,1H3,(H,26,27)(H,31,32)/t12?,15?,16-/m0/s1. The van der Waals surface area contributed by atoms with Gasteiger partial charge < -0.3 is 15.0 Å². The molecule has 2 unspecified atom stereocenters. The highest BCUT2D eigenvalue weighted by Gasteiger charge is 2.60. The van der Waals surface area contributed by atoms with Crippen LogP contribution >= 0.6 is 15.9 Å². The van der Waals surface area contributed by atoms with Crippen molar-refractivity contribution in [2.75, 3.05) is 18.4 Å². The summed E-state index contributed by atoms with van der Waals surface area (Å²) in [6.07, 6.45) is 7.11. The van der Waals surface area contributed by atoms with Crippen LogP contribution < -0.4 is 5.32 Å². The van der Waals surface area contributed by atoms with E-state index in [0.717, 1.165) is 11.2 Å². The molecule has 0 saturated heterocycles. The van der Waals surface area contributed by atoms with Gasteiger partial charge in [-0.05, 0) is 40.4 Å². The minimum atomic E-state index is -0.947. The zero-order valence-electron chi connectivity index (χ0n) is 17.1. The van der Waals surface area contributed by atoms with Gasteiger partial charge in [-0.1, -0.05) is 0 Å². The van der Waals surface area contributed by atoms with Crippen molar-refractivity contribution < 1.29 is 14.7 Å². The monoisotopic (exact) mass is 497 g/mol. The van der Waals surface area contributed by atoms with E-state index in [2.05, 4.69) is 41.2 Å². The third-order valence-corrected chi connectivity index (χ3v) is 6.84. The minimum absolute atomic E-state index is 0.218. The number of rotatable bonds is 5. The normalized spacial score (nSPS) is 22.1. The van der Waals surface area contributed by atoms with Gasteiger partial charge in [-0.15, -0.1) is 0 Å². The summed E-state index contributed by atoms with van der Waals surface area (Å²) in [4.78, 5) is 43.8. The maximum absolute atomic E-state index is 13.3. The number of nitrogens with zero attached hydrogens (tertiary/aromatic N) is 6. The third kappa shape index (κ3) is 3.52. The van der Waals surface area contributed by atoms with Crippen LogP contribution in [-0.4, -0.2) is 60.5 Å². The SMILES string of the molecule is Cn1cncc1CC1C(C(=O)N2CCN=C2Nc2ccc3nccnc3c2Br)[C@H]1C(=O)O. The average Bonchev–Trinajstić information content (AvgIpc) is 3.06. The van der Waals surface area contributed by atoms with Crippen molar-refractivity contribution in [2.45, 2.75) is 6.42 Å². The fourth-order valence-electron chi connectivity index (χ4n) is 4.29. The molecule has 2 N–H and O–H groups in total. The number of hydrogen-bond acceptors (Lipinski definition) is 7. The Kier molecular flexibility index (Phi) is 5.12. The quantitative estimate of drug-likeness (QED) is 0.551. The number of aliphatic carboxylic acids is 1. The molecule has 0 bridgehead atoms. The van der Waals surface area contributed by atoms with Crippen LogP contribution in [0, 0.1) is 17.8 Å². The molecule has 32 heavy (non-hydrogen) atoms. The summed E-state index contributed by atoms with van der Waals surface area (Å²) in [5, 5.41) is 12.9. The predicted molar refractivity (Wildman–Crippen MR) is 120 cm³/mol. The fourth-order valence-corrected chi connectivity index (χ4v) is 4.83. The number of amides is 1. The second kappa shape index (κ2) is 7.97. The zero-order valence-corrected chi connectivity index (χ0v) is 18.7. The maximum atomic E-state index is 13.3. The number of halogens is 1. The van der Waals surface area contributed by atoms with E-state index < -0.39 is 17.8 Å². The highest BCUT2D eigenvalue weighted by atomic mass is 79.9. The lowest BCUT2D eigenvalue weighted by atomic mass is 10.2. The molecule has 2 aromatic heterocycles. The Morgan fingerprint density at radius 3 is 2.81 bits per heavy atom. The van der Waals surface area contributed by atoms with Crippen LogP contribution in [0.5, 0.6) is 0 Å². The molecule has 3 heterocycles. The molecule has 3 aromatic rings. The van der Waals surface area contributed by atoms with Crippen LogP contribution in [0.2, 0.25) is 0 Å². The van der Waals surface area contributed by atoms with Gasteiger partial charge >= 0.3 is 5.97 Å². The first-order chi connectivity index (χ1) is 15.5. The molecule has 1 aliphatic heterocycles. The number of benzene rings is 1. The lowest BCUT2D eigenvalue weighted by Gasteiger charge is -2.20. The molecule has 5 rings (SSSR count). The Balaban J connectivity index is 1.35. The Morgan fingerprint density at radius 1 is 1.25 bits per heavy atom. The van der Waals surface area contributed by atoms with E-state index in [1.165, 1.54) is 0 Å². The van der Waals surface area contributed by atoms with Crippen LogP contribution in [0.1, 0.15) is 5.69 Å². The van der Waals surface area contributed by atoms with Gasteiger partial charge in [0, 0.05) is 37.9 Å². The average molecular weight is 498 g/mol. The number of nitrogens with one attached hydrogen (secondary N) is 1. The maximum Gasteiger partial charge on any atom is 0.307 e. The lowest BCUT2D eigenvalue weighted by Crippen LogP contribution is -2.40. The number of carboxylic acid groups (broad SMARTS) is 1. The number of carboxylic acids is 1. The fraction of sp³-hybridized carbons (Fsp3) is 0.333. The van der Waals surface area contributed by atoms with Gasteiger partial charge in [0.15, 0.2) is 0 Å². The molecular weight excluding hydrogens is 478 g/mol. The molecule has 0 spiro atoms. The molecule has 1 saturated carbocycles. The van der Waals surface area contributed by atoms with Gasteiger partial charge in [-0.2, -0.15) is 0 Å². The van der Waals surface area contributed by atoms with Crippen LogP contribution in [0.3, 0.4) is 0 Å². The molecule has 11 heteroatoms. The molecule has 1 aliphatic carbocycles. The van der Waals surface area contributed by atoms with Gasteiger partial charge in [-0.25, -0.2) is 4.98 Å². The highest BCUT2D eigenvalue weighted by molar-refractivity contribution is 9.10. The summed E-state index contributed by atoms with van der Waals surface area (Å²) in [7, 11) is 1.86. The Hall–Kier alpha value is -3.34. The van der Waals surface area contributed by atoms with Gasteiger partial charge in [0.25, 0.3) is 0 Å². The van der Waals surface area contributed by atoms with Crippen LogP contribution in [0.4, 0.5) is 5.69 Å². The number of guanidine groups is 1. The van der Waals surface area contributed by atoms with Crippen LogP contribution in [-0.2, 0) is 23.1 Å². The molecule has 1 aromatic carbocycles. The van der Waals surface area contributed by atoms with E-state index in [1.54, 1.807) is 29.8 Å². The number of hydrogen-bond donors (Lipinski definition) is 2. The lowest BCUT2D eigenvalue weighted by molar-refractivity contribution is -0.141. The summed E-state index contributed by atoms with van der Waals surface area (Å²) in [6, 6.07) is 3.68. The minimum Gasteiger partial charge on any atom is -0.481 e. The third-order valence-electron chi connectivity index (χ3n) is 6.03. The molecule has 3 atom stereocenters. The van der Waals surface area contributed by atoms with E-state index in [0.29, 0.717) is 41.1 Å². The van der Waals surface area contributed by atoms with Crippen molar-refractivity contribution >= 4 is 50.5 Å². The van der Waals surface area contributed by atoms with Crippen LogP contribution in [0.15, 0.2) is 46.5 Å². The summed E-state index contributed by atoms with van der Waals surface area (Å²) in [6.45, 7) is 0.864. The van der Waals surface area contributed by atoms with Gasteiger partial charge in [0.05, 0.1) is 40.4 Å². The second-order valence-corrected chi connectivity index (χ2v) is 8.72. The molecular formula is C21H20BrN7O3. The number of anilines is 1. The summed E-state index contributed by atoms with van der Waals surface area (Å²) >= 11 is 3.56. The van der Waals surface area contributed by atoms with Crippen molar-refractivity contribution in [1.82, 2.24) is 24.4 Å². The van der Waals surface area contributed by atoms with E-state index in [-0.39, 0.29) is 11.8 Å². The number of carbonyl (C=O) groups excluding carboxylic acids is 1. The number of fused-ring (bicyclic) bond motifs is 1. The number of aromatic nitrogens is 4. The van der Waals surface area contributed by atoms with Gasteiger partial charge in [0.1, 0.15) is 5.52 Å². The van der Waals surface area contributed by atoms with Crippen molar-refractivity contribution in [2.24, 2.45) is 29.8 Å². The molecule has 1 fully saturated rings. The van der Waals surface area contributed by atoms with Crippen LogP contribution in [0.25, 0.3) is 11.0 Å². The first-order valence-corrected chi connectivity index (χ1v) is 10.9. The number of aryl methyl sites for hydroxylation is 1. The number of aliphatic imine (C=N–C) groups is 1. The second-order valence-electron chi connectivity index (χ2n) is 7.93. The van der Waals surface area contributed by atoms with Crippen molar-refractivity contribution in [3.63, 3.8) is 0 Å². The highest BCUT2D eigenvalue weighted by Crippen LogP contribution is 2.49. The predicted octanol–water partition coefficient (Wildman–Crippen LogP) is 1.93. The van der Waals surface area contributed by atoms with Gasteiger partial charge in [-0.3, -0.25) is 29.4 Å². The molecule has 10 nitrogen and oxygen atoms in total. The Labute approximate surface area is 191 Å². The van der Waals surface area contributed by atoms with E-state index in [9.17, 15) is 14.7 Å². The molecule has 164 valence electrons. The van der Waals surface area contributed by atoms with Crippen molar-refractivity contribution in [1.29, 1.82) is 0 Å². The Bertz CT molecular complexity index is 1260. The van der Waals surface area contributed by atoms with Crippen molar-refractivity contribution in [3.8, 4) is 0 Å². The Morgan fingerprint density at radius 2 is 2.06 bits per heavy atom. The number of imidazole rings is 1. The van der Waals surface area contributed by atoms with Gasteiger partial charge in [0.2, 0.25) is 11.9 Å². The molecule has 1 amide bonds. The molecule has 2 aliphatic rings. The number of carbonyl (C=O) groups is 2. The van der Waals surface area contributed by atoms with E-state index in [4.69, 9.17) is 0 Å². The first-order valence-electron chi connectivity index (χ1n) is 10.2. The first kappa shape index (κ1) is 20.6. The molecule has 0 radical (unpaired) electrons. The van der Waals surface area contributed by atoms with Crippen molar-refractivity contribution in [3.05, 3.63) is 47.2 Å². The summed E-state index contributed by atoms with van der Waals surface area (Å²) < 4.78 is 2.57. The van der Waals surface area contributed by atoms with E-state index >= 15 is 0 Å². The summed E-state index contributed by atoms with van der Waals surface area (Å²) in [5.74, 6) is -2.31. The topological polar surface area (TPSA) is 126 Å². The largest absolute Gasteiger partial charge is 0.481 e. The smallest absolute Gasteiger partial charge is 0.307 e. The van der Waals surface area contributed by atoms with E-state index in [1.807, 2.05) is 23.7 Å².